The monoisotopic (exact) mass is 302 g/mol. The third-order valence-corrected chi connectivity index (χ3v) is 4.73. The Bertz CT molecular complexity index is 413. The number of amides is 2. The van der Waals surface area contributed by atoms with Crippen LogP contribution in [0.15, 0.2) is 0 Å². The first-order valence-electron chi connectivity index (χ1n) is 6.60. The van der Waals surface area contributed by atoms with Crippen molar-refractivity contribution in [3.8, 4) is 0 Å². The van der Waals surface area contributed by atoms with Gasteiger partial charge in [-0.05, 0) is 25.7 Å². The molecule has 1 heterocycles. The lowest BCUT2D eigenvalue weighted by molar-refractivity contribution is -0.141. The van der Waals surface area contributed by atoms with Gasteiger partial charge in [0.15, 0.2) is 0 Å². The standard InChI is InChI=1S/C12H18N2O5S/c1-2-19-9(15)5-13-12(18)14-8(11(16)17)6-20-10(14)7-3-4-7/h7-8,10H,2-6H2,1H3,(H,13,18)(H,16,17). The molecular weight excluding hydrogens is 284 g/mol. The minimum atomic E-state index is -1.01. The summed E-state index contributed by atoms with van der Waals surface area (Å²) in [6.45, 7) is 1.69. The number of ether oxygens (including phenoxy) is 1. The molecule has 112 valence electrons. The topological polar surface area (TPSA) is 95.9 Å². The minimum absolute atomic E-state index is 0.0988. The fourth-order valence-electron chi connectivity index (χ4n) is 2.17. The third-order valence-electron chi connectivity index (χ3n) is 3.27. The van der Waals surface area contributed by atoms with E-state index < -0.39 is 24.0 Å². The van der Waals surface area contributed by atoms with Crippen molar-refractivity contribution < 1.29 is 24.2 Å². The van der Waals surface area contributed by atoms with Gasteiger partial charge < -0.3 is 15.2 Å². The predicted molar refractivity (Wildman–Crippen MR) is 72.3 cm³/mol. The van der Waals surface area contributed by atoms with E-state index in [2.05, 4.69) is 5.32 Å². The van der Waals surface area contributed by atoms with E-state index in [-0.39, 0.29) is 18.5 Å². The highest BCUT2D eigenvalue weighted by Gasteiger charge is 2.48. The molecule has 2 aliphatic rings. The Balaban J connectivity index is 1.96. The van der Waals surface area contributed by atoms with Gasteiger partial charge in [0.25, 0.3) is 0 Å². The van der Waals surface area contributed by atoms with Crippen LogP contribution in [-0.4, -0.2) is 58.3 Å². The first kappa shape index (κ1) is 15.0. The van der Waals surface area contributed by atoms with Crippen LogP contribution in [0.2, 0.25) is 0 Å². The van der Waals surface area contributed by atoms with Crippen LogP contribution in [0, 0.1) is 5.92 Å². The summed E-state index contributed by atoms with van der Waals surface area (Å²) in [5.74, 6) is -0.768. The van der Waals surface area contributed by atoms with E-state index in [1.54, 1.807) is 6.92 Å². The molecule has 0 aromatic carbocycles. The van der Waals surface area contributed by atoms with Crippen molar-refractivity contribution >= 4 is 29.7 Å². The summed E-state index contributed by atoms with van der Waals surface area (Å²) in [6.07, 6.45) is 2.04. The molecule has 1 saturated carbocycles. The lowest BCUT2D eigenvalue weighted by atomic mass is 10.2. The maximum atomic E-state index is 12.1. The smallest absolute Gasteiger partial charge is 0.327 e. The molecule has 20 heavy (non-hydrogen) atoms. The SMILES string of the molecule is CCOC(=O)CNC(=O)N1C(C(=O)O)CSC1C1CC1. The second-order valence-electron chi connectivity index (χ2n) is 4.79. The van der Waals surface area contributed by atoms with E-state index in [0.717, 1.165) is 12.8 Å². The summed E-state index contributed by atoms with van der Waals surface area (Å²) in [4.78, 5) is 36.0. The number of aliphatic carboxylic acids is 1. The van der Waals surface area contributed by atoms with E-state index in [9.17, 15) is 19.5 Å². The molecule has 0 bridgehead atoms. The zero-order valence-corrected chi connectivity index (χ0v) is 12.0. The molecule has 2 atom stereocenters. The number of rotatable bonds is 5. The largest absolute Gasteiger partial charge is 0.480 e. The van der Waals surface area contributed by atoms with Gasteiger partial charge in [-0.15, -0.1) is 11.8 Å². The molecule has 0 aromatic heterocycles. The molecule has 1 aliphatic heterocycles. The van der Waals surface area contributed by atoms with Crippen LogP contribution < -0.4 is 5.32 Å². The highest BCUT2D eigenvalue weighted by Crippen LogP contribution is 2.45. The predicted octanol–water partition coefficient (Wildman–Crippen LogP) is 0.497. The Hall–Kier alpha value is -1.44. The van der Waals surface area contributed by atoms with Crippen LogP contribution >= 0.6 is 11.8 Å². The molecule has 2 unspecified atom stereocenters. The third kappa shape index (κ3) is 3.36. The van der Waals surface area contributed by atoms with Gasteiger partial charge in [0, 0.05) is 5.75 Å². The normalized spacial score (nSPS) is 25.4. The Labute approximate surface area is 121 Å². The van der Waals surface area contributed by atoms with Crippen LogP contribution in [0.4, 0.5) is 4.79 Å². The molecule has 2 rings (SSSR count). The van der Waals surface area contributed by atoms with Crippen molar-refractivity contribution in [1.82, 2.24) is 10.2 Å². The van der Waals surface area contributed by atoms with E-state index in [1.807, 2.05) is 0 Å². The number of hydrogen-bond acceptors (Lipinski definition) is 5. The molecule has 0 spiro atoms. The highest BCUT2D eigenvalue weighted by atomic mass is 32.2. The van der Waals surface area contributed by atoms with Crippen LogP contribution in [0.1, 0.15) is 19.8 Å². The number of thioether (sulfide) groups is 1. The van der Waals surface area contributed by atoms with Gasteiger partial charge in [0.2, 0.25) is 0 Å². The van der Waals surface area contributed by atoms with Crippen LogP contribution in [-0.2, 0) is 14.3 Å². The zero-order valence-electron chi connectivity index (χ0n) is 11.2. The molecule has 0 radical (unpaired) electrons. The van der Waals surface area contributed by atoms with Gasteiger partial charge in [0.05, 0.1) is 12.0 Å². The van der Waals surface area contributed by atoms with Crippen LogP contribution in [0.3, 0.4) is 0 Å². The lowest BCUT2D eigenvalue weighted by Gasteiger charge is -2.27. The van der Waals surface area contributed by atoms with Crippen molar-refractivity contribution in [3.05, 3.63) is 0 Å². The average Bonchev–Trinajstić information content (AvgIpc) is 3.14. The maximum Gasteiger partial charge on any atom is 0.327 e. The summed E-state index contributed by atoms with van der Waals surface area (Å²) in [7, 11) is 0. The number of carbonyl (C=O) groups is 3. The molecule has 0 aromatic rings. The lowest BCUT2D eigenvalue weighted by Crippen LogP contribution is -2.51. The number of carboxylic acids is 1. The van der Waals surface area contributed by atoms with Crippen molar-refractivity contribution in [1.29, 1.82) is 0 Å². The number of nitrogens with one attached hydrogen (secondary N) is 1. The summed E-state index contributed by atoms with van der Waals surface area (Å²) in [6, 6.07) is -1.33. The van der Waals surface area contributed by atoms with Gasteiger partial charge in [-0.25, -0.2) is 9.59 Å². The highest BCUT2D eigenvalue weighted by molar-refractivity contribution is 8.00. The van der Waals surface area contributed by atoms with Gasteiger partial charge in [-0.1, -0.05) is 0 Å². The van der Waals surface area contributed by atoms with E-state index in [4.69, 9.17) is 4.74 Å². The second-order valence-corrected chi connectivity index (χ2v) is 5.94. The Morgan fingerprint density at radius 1 is 1.40 bits per heavy atom. The molecule has 1 aliphatic carbocycles. The second kappa shape index (κ2) is 6.34. The fraction of sp³-hybridized carbons (Fsp3) is 0.750. The van der Waals surface area contributed by atoms with Crippen molar-refractivity contribution in [2.24, 2.45) is 5.92 Å². The summed E-state index contributed by atoms with van der Waals surface area (Å²) < 4.78 is 4.72. The van der Waals surface area contributed by atoms with Crippen molar-refractivity contribution in [2.75, 3.05) is 18.9 Å². The van der Waals surface area contributed by atoms with Gasteiger partial charge >= 0.3 is 18.0 Å². The molecular formula is C12H18N2O5S. The Kier molecular flexibility index (Phi) is 4.74. The molecule has 1 saturated heterocycles. The molecule has 7 nitrogen and oxygen atoms in total. The summed E-state index contributed by atoms with van der Waals surface area (Å²) >= 11 is 1.50. The Morgan fingerprint density at radius 3 is 2.65 bits per heavy atom. The maximum absolute atomic E-state index is 12.1. The molecule has 2 amide bonds. The van der Waals surface area contributed by atoms with Crippen LogP contribution in [0.25, 0.3) is 0 Å². The summed E-state index contributed by atoms with van der Waals surface area (Å²) in [5.41, 5.74) is 0. The number of hydrogen-bond donors (Lipinski definition) is 2. The van der Waals surface area contributed by atoms with E-state index >= 15 is 0 Å². The minimum Gasteiger partial charge on any atom is -0.480 e. The van der Waals surface area contributed by atoms with Crippen LogP contribution in [0.5, 0.6) is 0 Å². The van der Waals surface area contributed by atoms with Crippen molar-refractivity contribution in [3.63, 3.8) is 0 Å². The average molecular weight is 302 g/mol. The fourth-order valence-corrected chi connectivity index (χ4v) is 3.80. The zero-order chi connectivity index (χ0) is 14.7. The van der Waals surface area contributed by atoms with Gasteiger partial charge in [-0.3, -0.25) is 9.69 Å². The first-order valence-corrected chi connectivity index (χ1v) is 7.65. The molecule has 2 fully saturated rings. The molecule has 2 N–H and O–H groups in total. The number of nitrogens with zero attached hydrogens (tertiary/aromatic N) is 1. The van der Waals surface area contributed by atoms with E-state index in [0.29, 0.717) is 11.7 Å². The van der Waals surface area contributed by atoms with E-state index in [1.165, 1.54) is 16.7 Å². The van der Waals surface area contributed by atoms with Crippen molar-refractivity contribution in [2.45, 2.75) is 31.2 Å². The molecule has 8 heteroatoms. The summed E-state index contributed by atoms with van der Waals surface area (Å²) in [5, 5.41) is 11.5. The number of urea groups is 1. The number of carbonyl (C=O) groups excluding carboxylic acids is 2. The van der Waals surface area contributed by atoms with Gasteiger partial charge in [-0.2, -0.15) is 0 Å². The number of esters is 1. The number of carboxylic acid groups (broad SMARTS) is 1. The quantitative estimate of drug-likeness (QED) is 0.718. The first-order chi connectivity index (χ1) is 9.54. The van der Waals surface area contributed by atoms with Gasteiger partial charge in [0.1, 0.15) is 12.6 Å². The Morgan fingerprint density at radius 2 is 2.10 bits per heavy atom.